The van der Waals surface area contributed by atoms with Crippen molar-refractivity contribution in [3.05, 3.63) is 24.0 Å². The van der Waals surface area contributed by atoms with Gasteiger partial charge in [0.05, 0.1) is 5.69 Å². The zero-order chi connectivity index (χ0) is 15.1. The molecule has 4 nitrogen and oxygen atoms in total. The van der Waals surface area contributed by atoms with Gasteiger partial charge in [0, 0.05) is 6.04 Å². The summed E-state index contributed by atoms with van der Waals surface area (Å²) in [5.74, 6) is -0.978. The SMILES string of the molecule is Nc1c(F)cccc1S(=O)(=O)N(CC(F)(F)F)C1CC1. The number of hydrogen-bond acceptors (Lipinski definition) is 3. The van der Waals surface area contributed by atoms with E-state index in [1.165, 1.54) is 0 Å². The van der Waals surface area contributed by atoms with E-state index in [9.17, 15) is 26.0 Å². The smallest absolute Gasteiger partial charge is 0.395 e. The molecule has 20 heavy (non-hydrogen) atoms. The second kappa shape index (κ2) is 4.88. The number of sulfonamides is 1. The Bertz CT molecular complexity index is 611. The summed E-state index contributed by atoms with van der Waals surface area (Å²) in [7, 11) is -4.48. The van der Waals surface area contributed by atoms with Gasteiger partial charge in [-0.3, -0.25) is 0 Å². The first-order chi connectivity index (χ1) is 9.13. The van der Waals surface area contributed by atoms with E-state index in [2.05, 4.69) is 0 Å². The second-order valence-corrected chi connectivity index (χ2v) is 6.41. The van der Waals surface area contributed by atoms with Gasteiger partial charge >= 0.3 is 6.18 Å². The molecule has 2 rings (SSSR count). The highest BCUT2D eigenvalue weighted by molar-refractivity contribution is 7.89. The number of para-hydroxylation sites is 1. The first kappa shape index (κ1) is 15.0. The summed E-state index contributed by atoms with van der Waals surface area (Å²) in [6, 6.07) is 2.33. The van der Waals surface area contributed by atoms with E-state index in [1.54, 1.807) is 0 Å². The monoisotopic (exact) mass is 312 g/mol. The minimum atomic E-state index is -4.67. The third kappa shape index (κ3) is 3.04. The van der Waals surface area contributed by atoms with Crippen molar-refractivity contribution >= 4 is 15.7 Å². The summed E-state index contributed by atoms with van der Waals surface area (Å²) in [5.41, 5.74) is 4.66. The molecule has 0 aromatic heterocycles. The molecule has 0 aliphatic heterocycles. The Hall–Kier alpha value is -1.35. The van der Waals surface area contributed by atoms with Crippen LogP contribution in [0, 0.1) is 5.82 Å². The van der Waals surface area contributed by atoms with E-state index in [0.29, 0.717) is 17.1 Å². The van der Waals surface area contributed by atoms with Crippen molar-refractivity contribution in [1.29, 1.82) is 0 Å². The maximum absolute atomic E-state index is 13.3. The van der Waals surface area contributed by atoms with Crippen LogP contribution >= 0.6 is 0 Å². The minimum absolute atomic E-state index is 0.345. The molecule has 1 saturated carbocycles. The van der Waals surface area contributed by atoms with Crippen LogP contribution in [0.4, 0.5) is 23.2 Å². The van der Waals surface area contributed by atoms with Gasteiger partial charge in [-0.05, 0) is 25.0 Å². The molecule has 1 aliphatic carbocycles. The van der Waals surface area contributed by atoms with Gasteiger partial charge < -0.3 is 5.73 Å². The lowest BCUT2D eigenvalue weighted by Gasteiger charge is -2.23. The van der Waals surface area contributed by atoms with Gasteiger partial charge in [0.2, 0.25) is 10.0 Å². The molecule has 1 aromatic rings. The largest absolute Gasteiger partial charge is 0.402 e. The number of nitrogens with zero attached hydrogens (tertiary/aromatic N) is 1. The summed E-state index contributed by atoms with van der Waals surface area (Å²) in [5, 5.41) is 0. The third-order valence-electron chi connectivity index (χ3n) is 2.89. The average Bonchev–Trinajstić information content (AvgIpc) is 3.12. The van der Waals surface area contributed by atoms with Gasteiger partial charge in [-0.2, -0.15) is 17.5 Å². The van der Waals surface area contributed by atoms with Gasteiger partial charge in [0.15, 0.2) is 0 Å². The van der Waals surface area contributed by atoms with E-state index >= 15 is 0 Å². The summed E-state index contributed by atoms with van der Waals surface area (Å²) in [6.07, 6.45) is -3.97. The summed E-state index contributed by atoms with van der Waals surface area (Å²) in [6.45, 7) is -1.60. The van der Waals surface area contributed by atoms with Crippen molar-refractivity contribution in [2.75, 3.05) is 12.3 Å². The first-order valence-corrected chi connectivity index (χ1v) is 7.19. The molecular formula is C11H12F4N2O2S. The van der Waals surface area contributed by atoms with Crippen LogP contribution in [0.15, 0.2) is 23.1 Å². The number of rotatable bonds is 4. The standard InChI is InChI=1S/C11H12F4N2O2S/c12-8-2-1-3-9(10(8)16)20(18,19)17(7-4-5-7)6-11(13,14)15/h1-3,7H,4-6,16H2. The number of nitrogen functional groups attached to an aromatic ring is 1. The van der Waals surface area contributed by atoms with Crippen molar-refractivity contribution in [3.8, 4) is 0 Å². The summed E-state index contributed by atoms with van der Waals surface area (Å²) < 4.78 is 75.7. The quantitative estimate of drug-likeness (QED) is 0.684. The van der Waals surface area contributed by atoms with E-state index in [0.717, 1.165) is 18.2 Å². The van der Waals surface area contributed by atoms with Crippen molar-refractivity contribution in [3.63, 3.8) is 0 Å². The zero-order valence-corrected chi connectivity index (χ0v) is 11.0. The molecule has 112 valence electrons. The molecule has 0 heterocycles. The molecule has 1 aliphatic rings. The lowest BCUT2D eigenvalue weighted by molar-refractivity contribution is -0.137. The van der Waals surface area contributed by atoms with Crippen LogP contribution in [0.1, 0.15) is 12.8 Å². The fraction of sp³-hybridized carbons (Fsp3) is 0.455. The van der Waals surface area contributed by atoms with Crippen LogP contribution < -0.4 is 5.73 Å². The molecule has 0 spiro atoms. The van der Waals surface area contributed by atoms with Gasteiger partial charge in [-0.1, -0.05) is 6.07 Å². The summed E-state index contributed by atoms with van der Waals surface area (Å²) in [4.78, 5) is -0.631. The third-order valence-corrected chi connectivity index (χ3v) is 4.85. The topological polar surface area (TPSA) is 63.4 Å². The molecule has 1 fully saturated rings. The molecule has 0 atom stereocenters. The van der Waals surface area contributed by atoms with Gasteiger partial charge in [0.1, 0.15) is 17.3 Å². The van der Waals surface area contributed by atoms with E-state index in [1.807, 2.05) is 0 Å². The molecule has 0 saturated heterocycles. The van der Waals surface area contributed by atoms with E-state index < -0.39 is 45.2 Å². The van der Waals surface area contributed by atoms with Crippen molar-refractivity contribution in [2.45, 2.75) is 30.0 Å². The fourth-order valence-corrected chi connectivity index (χ4v) is 3.62. The van der Waals surface area contributed by atoms with Crippen LogP contribution in [0.5, 0.6) is 0 Å². The highest BCUT2D eigenvalue weighted by Gasteiger charge is 2.45. The molecule has 1 aromatic carbocycles. The lowest BCUT2D eigenvalue weighted by Crippen LogP contribution is -2.40. The second-order valence-electron chi connectivity index (χ2n) is 4.55. The zero-order valence-electron chi connectivity index (χ0n) is 10.2. The van der Waals surface area contributed by atoms with Crippen LogP contribution in [0.3, 0.4) is 0 Å². The summed E-state index contributed by atoms with van der Waals surface area (Å²) >= 11 is 0. The van der Waals surface area contributed by atoms with E-state index in [4.69, 9.17) is 5.73 Å². The van der Waals surface area contributed by atoms with E-state index in [-0.39, 0.29) is 0 Å². The van der Waals surface area contributed by atoms with Crippen LogP contribution in [-0.4, -0.2) is 31.5 Å². The first-order valence-electron chi connectivity index (χ1n) is 5.75. The maximum Gasteiger partial charge on any atom is 0.402 e. The number of benzene rings is 1. The normalized spacial score (nSPS) is 16.6. The van der Waals surface area contributed by atoms with Crippen LogP contribution in [0.25, 0.3) is 0 Å². The van der Waals surface area contributed by atoms with Crippen LogP contribution in [-0.2, 0) is 10.0 Å². The predicted octanol–water partition coefficient (Wildman–Crippen LogP) is 2.12. The molecule has 2 N–H and O–H groups in total. The van der Waals surface area contributed by atoms with Crippen molar-refractivity contribution in [2.24, 2.45) is 0 Å². The molecule has 0 unspecified atom stereocenters. The number of anilines is 1. The lowest BCUT2D eigenvalue weighted by atomic mass is 10.3. The van der Waals surface area contributed by atoms with Gasteiger partial charge in [-0.15, -0.1) is 0 Å². The fourth-order valence-electron chi connectivity index (χ4n) is 1.82. The average molecular weight is 312 g/mol. The van der Waals surface area contributed by atoms with Crippen molar-refractivity contribution < 1.29 is 26.0 Å². The van der Waals surface area contributed by atoms with Crippen molar-refractivity contribution in [1.82, 2.24) is 4.31 Å². The molecule has 0 bridgehead atoms. The predicted molar refractivity (Wildman–Crippen MR) is 63.8 cm³/mol. The van der Waals surface area contributed by atoms with Gasteiger partial charge in [-0.25, -0.2) is 12.8 Å². The Labute approximate surface area is 113 Å². The highest BCUT2D eigenvalue weighted by Crippen LogP contribution is 2.36. The maximum atomic E-state index is 13.3. The highest BCUT2D eigenvalue weighted by atomic mass is 32.2. The number of nitrogens with two attached hydrogens (primary N) is 1. The molecular weight excluding hydrogens is 300 g/mol. The minimum Gasteiger partial charge on any atom is -0.395 e. The Morgan fingerprint density at radius 2 is 1.90 bits per heavy atom. The number of alkyl halides is 3. The Morgan fingerprint density at radius 1 is 1.30 bits per heavy atom. The Balaban J connectivity index is 2.43. The Morgan fingerprint density at radius 3 is 2.40 bits per heavy atom. The molecule has 0 radical (unpaired) electrons. The molecule has 0 amide bonds. The van der Waals surface area contributed by atoms with Crippen LogP contribution in [0.2, 0.25) is 0 Å². The molecule has 9 heteroatoms. The Kier molecular flexibility index (Phi) is 3.67. The van der Waals surface area contributed by atoms with Gasteiger partial charge in [0.25, 0.3) is 0 Å². The number of hydrogen-bond donors (Lipinski definition) is 1. The number of halogens is 4.